The lowest BCUT2D eigenvalue weighted by Gasteiger charge is -2.37. The molecule has 0 radical (unpaired) electrons. The minimum Gasteiger partial charge on any atom is -0.371 e. The van der Waals surface area contributed by atoms with E-state index in [1.807, 2.05) is 6.34 Å². The van der Waals surface area contributed by atoms with Crippen LogP contribution in [0.1, 0.15) is 41.5 Å². The van der Waals surface area contributed by atoms with E-state index in [2.05, 4.69) is 51.9 Å². The summed E-state index contributed by atoms with van der Waals surface area (Å²) in [5.74, 6) is 0. The zero-order chi connectivity index (χ0) is 10.3. The molecule has 1 aliphatic rings. The fourth-order valence-corrected chi connectivity index (χ4v) is 1.83. The van der Waals surface area contributed by atoms with E-state index >= 15 is 0 Å². The van der Waals surface area contributed by atoms with Crippen LogP contribution in [0.3, 0.4) is 0 Å². The van der Waals surface area contributed by atoms with Crippen LogP contribution in [0.4, 0.5) is 0 Å². The van der Waals surface area contributed by atoms with Crippen molar-refractivity contribution in [3.63, 3.8) is 0 Å². The van der Waals surface area contributed by atoms with Gasteiger partial charge in [-0.1, -0.05) is 41.5 Å². The number of hydrogen-bond donors (Lipinski definition) is 1. The van der Waals surface area contributed by atoms with Crippen LogP contribution in [-0.4, -0.2) is 18.4 Å². The Hall–Kier alpha value is -0.530. The minimum absolute atomic E-state index is 0.248. The molecular formula is C11H22N2. The van der Waals surface area contributed by atoms with Crippen molar-refractivity contribution in [2.45, 2.75) is 53.6 Å². The average molecular weight is 182 g/mol. The smallest absolute Gasteiger partial charge is 0.0831 e. The Balaban J connectivity index is 2.81. The van der Waals surface area contributed by atoms with Gasteiger partial charge >= 0.3 is 0 Å². The van der Waals surface area contributed by atoms with Crippen LogP contribution < -0.4 is 5.32 Å². The Morgan fingerprint density at radius 1 is 1.00 bits per heavy atom. The van der Waals surface area contributed by atoms with E-state index in [0.29, 0.717) is 12.1 Å². The van der Waals surface area contributed by atoms with Crippen molar-refractivity contribution < 1.29 is 0 Å². The molecule has 2 nitrogen and oxygen atoms in total. The summed E-state index contributed by atoms with van der Waals surface area (Å²) in [6.07, 6.45) is 1.87. The number of rotatable bonds is 0. The van der Waals surface area contributed by atoms with Gasteiger partial charge in [0, 0.05) is 0 Å². The second kappa shape index (κ2) is 3.00. The fraction of sp³-hybridized carbons (Fsp3) is 0.909. The molecule has 1 heterocycles. The van der Waals surface area contributed by atoms with Gasteiger partial charge in [0.05, 0.1) is 18.4 Å². The standard InChI is InChI=1S/C11H22N2/c1-10(2,3)8-9(11(4,5)6)13-7-12-8/h7-9H,1-6H3,(H,12,13)/t8-,9-/m0/s1. The lowest BCUT2D eigenvalue weighted by atomic mass is 9.74. The molecule has 0 bridgehead atoms. The first-order valence-electron chi connectivity index (χ1n) is 5.00. The van der Waals surface area contributed by atoms with E-state index in [0.717, 1.165) is 0 Å². The molecule has 0 saturated carbocycles. The summed E-state index contributed by atoms with van der Waals surface area (Å²) in [4.78, 5) is 4.52. The van der Waals surface area contributed by atoms with Crippen LogP contribution in [0.5, 0.6) is 0 Å². The van der Waals surface area contributed by atoms with Gasteiger partial charge in [-0.3, -0.25) is 4.99 Å². The molecule has 0 amide bonds. The quantitative estimate of drug-likeness (QED) is 0.611. The molecule has 0 fully saturated rings. The molecule has 1 aliphatic heterocycles. The number of aliphatic imine (C=N–C) groups is 1. The highest BCUT2D eigenvalue weighted by molar-refractivity contribution is 5.59. The van der Waals surface area contributed by atoms with E-state index in [9.17, 15) is 0 Å². The Bertz CT molecular complexity index is 205. The van der Waals surface area contributed by atoms with Crippen molar-refractivity contribution in [1.82, 2.24) is 5.32 Å². The van der Waals surface area contributed by atoms with Crippen LogP contribution in [0.2, 0.25) is 0 Å². The third kappa shape index (κ3) is 2.23. The summed E-state index contributed by atoms with van der Waals surface area (Å²) in [5.41, 5.74) is 0.520. The summed E-state index contributed by atoms with van der Waals surface area (Å²) in [5, 5.41) is 3.36. The SMILES string of the molecule is CC(C)(C)[C@H]1N=CN[C@@H]1C(C)(C)C. The van der Waals surface area contributed by atoms with Crippen molar-refractivity contribution in [1.29, 1.82) is 0 Å². The van der Waals surface area contributed by atoms with Crippen molar-refractivity contribution in [2.24, 2.45) is 15.8 Å². The normalized spacial score (nSPS) is 29.1. The molecular weight excluding hydrogens is 160 g/mol. The lowest BCUT2D eigenvalue weighted by Crippen LogP contribution is -2.48. The predicted molar refractivity (Wildman–Crippen MR) is 58.1 cm³/mol. The summed E-state index contributed by atoms with van der Waals surface area (Å²) >= 11 is 0. The maximum absolute atomic E-state index is 4.52. The molecule has 76 valence electrons. The topological polar surface area (TPSA) is 24.4 Å². The van der Waals surface area contributed by atoms with E-state index in [1.165, 1.54) is 0 Å². The van der Waals surface area contributed by atoms with Gasteiger partial charge in [-0.2, -0.15) is 0 Å². The third-order valence-corrected chi connectivity index (χ3v) is 2.63. The zero-order valence-electron chi connectivity index (χ0n) is 9.68. The van der Waals surface area contributed by atoms with Gasteiger partial charge in [-0.25, -0.2) is 0 Å². The van der Waals surface area contributed by atoms with Crippen molar-refractivity contribution in [3.05, 3.63) is 0 Å². The molecule has 0 aliphatic carbocycles. The number of nitrogens with one attached hydrogen (secondary N) is 1. The molecule has 1 rings (SSSR count). The molecule has 0 unspecified atom stereocenters. The first-order valence-corrected chi connectivity index (χ1v) is 5.00. The molecule has 0 aromatic heterocycles. The number of nitrogens with zero attached hydrogens (tertiary/aromatic N) is 1. The van der Waals surface area contributed by atoms with E-state index in [1.54, 1.807) is 0 Å². The summed E-state index contributed by atoms with van der Waals surface area (Å²) in [7, 11) is 0. The van der Waals surface area contributed by atoms with Crippen molar-refractivity contribution in [2.75, 3.05) is 0 Å². The third-order valence-electron chi connectivity index (χ3n) is 2.63. The van der Waals surface area contributed by atoms with Crippen LogP contribution in [0.25, 0.3) is 0 Å². The molecule has 0 aromatic rings. The van der Waals surface area contributed by atoms with Gasteiger partial charge in [0.1, 0.15) is 0 Å². The highest BCUT2D eigenvalue weighted by atomic mass is 15.1. The highest BCUT2D eigenvalue weighted by Crippen LogP contribution is 2.34. The first-order chi connectivity index (χ1) is 5.73. The second-order valence-electron chi connectivity index (χ2n) is 6.10. The van der Waals surface area contributed by atoms with Gasteiger partial charge in [0.25, 0.3) is 0 Å². The molecule has 1 N–H and O–H groups in total. The van der Waals surface area contributed by atoms with Crippen molar-refractivity contribution >= 4 is 6.34 Å². The molecule has 2 atom stereocenters. The fourth-order valence-electron chi connectivity index (χ4n) is 1.83. The largest absolute Gasteiger partial charge is 0.371 e. The number of hydrogen-bond acceptors (Lipinski definition) is 2. The molecule has 2 heteroatoms. The maximum Gasteiger partial charge on any atom is 0.0831 e. The second-order valence-corrected chi connectivity index (χ2v) is 6.10. The Morgan fingerprint density at radius 2 is 1.54 bits per heavy atom. The molecule has 13 heavy (non-hydrogen) atoms. The van der Waals surface area contributed by atoms with Gasteiger partial charge in [-0.15, -0.1) is 0 Å². The average Bonchev–Trinajstić information content (AvgIpc) is 2.27. The Labute approximate surface area is 81.8 Å². The molecule has 0 saturated heterocycles. The van der Waals surface area contributed by atoms with Gasteiger partial charge in [-0.05, 0) is 10.8 Å². The van der Waals surface area contributed by atoms with Crippen LogP contribution in [0.15, 0.2) is 4.99 Å². The maximum atomic E-state index is 4.52. The zero-order valence-corrected chi connectivity index (χ0v) is 9.68. The van der Waals surface area contributed by atoms with Crippen LogP contribution in [0, 0.1) is 10.8 Å². The molecule has 0 spiro atoms. The highest BCUT2D eigenvalue weighted by Gasteiger charge is 2.40. The Morgan fingerprint density at radius 3 is 1.85 bits per heavy atom. The van der Waals surface area contributed by atoms with E-state index in [4.69, 9.17) is 0 Å². The van der Waals surface area contributed by atoms with E-state index < -0.39 is 0 Å². The first kappa shape index (κ1) is 10.6. The summed E-state index contributed by atoms with van der Waals surface area (Å²) in [6.45, 7) is 13.5. The lowest BCUT2D eigenvalue weighted by molar-refractivity contribution is 0.192. The van der Waals surface area contributed by atoms with E-state index in [-0.39, 0.29) is 10.8 Å². The predicted octanol–water partition coefficient (Wildman–Crippen LogP) is 2.45. The monoisotopic (exact) mass is 182 g/mol. The van der Waals surface area contributed by atoms with Crippen LogP contribution in [-0.2, 0) is 0 Å². The van der Waals surface area contributed by atoms with Crippen molar-refractivity contribution in [3.8, 4) is 0 Å². The summed E-state index contributed by atoms with van der Waals surface area (Å²) < 4.78 is 0. The van der Waals surface area contributed by atoms with Gasteiger partial charge in [0.15, 0.2) is 0 Å². The minimum atomic E-state index is 0.248. The Kier molecular flexibility index (Phi) is 2.44. The van der Waals surface area contributed by atoms with Crippen LogP contribution >= 0.6 is 0 Å². The molecule has 0 aromatic carbocycles. The summed E-state index contributed by atoms with van der Waals surface area (Å²) in [6, 6.07) is 0.861. The van der Waals surface area contributed by atoms with Gasteiger partial charge < -0.3 is 5.32 Å². The van der Waals surface area contributed by atoms with Gasteiger partial charge in [0.2, 0.25) is 0 Å².